The zero-order valence-electron chi connectivity index (χ0n) is 13.2. The molecule has 0 aliphatic carbocycles. The first-order chi connectivity index (χ1) is 10.2. The SMILES string of the molecule is CN1CC2(CCC1=O)CCN(CCC1COCCO1)CC2. The standard InChI is InChI=1S/C16H28N2O3/c1-17-13-16(4-2-15(17)19)5-8-18(9-6-16)7-3-14-12-20-10-11-21-14/h14H,2-13H2,1H3. The van der Waals surface area contributed by atoms with Crippen LogP contribution in [0.1, 0.15) is 32.1 Å². The number of hydrogen-bond acceptors (Lipinski definition) is 4. The van der Waals surface area contributed by atoms with Crippen molar-refractivity contribution >= 4 is 5.91 Å². The molecule has 0 N–H and O–H groups in total. The fourth-order valence-electron chi connectivity index (χ4n) is 3.92. The zero-order chi connectivity index (χ0) is 14.7. The minimum atomic E-state index is 0.285. The fraction of sp³-hybridized carbons (Fsp3) is 0.938. The molecule has 5 nitrogen and oxygen atoms in total. The summed E-state index contributed by atoms with van der Waals surface area (Å²) in [6.45, 7) is 6.64. The monoisotopic (exact) mass is 296 g/mol. The van der Waals surface area contributed by atoms with Crippen LogP contribution < -0.4 is 0 Å². The van der Waals surface area contributed by atoms with Gasteiger partial charge in [0, 0.05) is 26.6 Å². The molecule has 0 saturated carbocycles. The lowest BCUT2D eigenvalue weighted by Gasteiger charge is -2.46. The number of ether oxygens (including phenoxy) is 2. The van der Waals surface area contributed by atoms with E-state index in [-0.39, 0.29) is 6.10 Å². The Morgan fingerprint density at radius 3 is 2.71 bits per heavy atom. The van der Waals surface area contributed by atoms with E-state index in [0.717, 1.165) is 65.3 Å². The van der Waals surface area contributed by atoms with Crippen molar-refractivity contribution in [3.05, 3.63) is 0 Å². The maximum absolute atomic E-state index is 11.7. The molecular weight excluding hydrogens is 268 g/mol. The molecule has 3 aliphatic heterocycles. The van der Waals surface area contributed by atoms with E-state index < -0.39 is 0 Å². The summed E-state index contributed by atoms with van der Waals surface area (Å²) in [4.78, 5) is 16.1. The van der Waals surface area contributed by atoms with E-state index in [1.807, 2.05) is 11.9 Å². The van der Waals surface area contributed by atoms with Crippen LogP contribution in [0.5, 0.6) is 0 Å². The number of likely N-dealkylation sites (tertiary alicyclic amines) is 2. The molecular formula is C16H28N2O3. The number of carbonyl (C=O) groups is 1. The number of carbonyl (C=O) groups excluding carboxylic acids is 1. The molecule has 120 valence electrons. The average molecular weight is 296 g/mol. The number of piperidine rings is 2. The highest BCUT2D eigenvalue weighted by molar-refractivity contribution is 5.76. The van der Waals surface area contributed by atoms with E-state index in [0.29, 0.717) is 11.3 Å². The molecule has 5 heteroatoms. The van der Waals surface area contributed by atoms with Crippen molar-refractivity contribution in [1.82, 2.24) is 9.80 Å². The van der Waals surface area contributed by atoms with Gasteiger partial charge in [-0.2, -0.15) is 0 Å². The Bertz CT molecular complexity index is 361. The van der Waals surface area contributed by atoms with Crippen LogP contribution in [0.2, 0.25) is 0 Å². The van der Waals surface area contributed by atoms with E-state index >= 15 is 0 Å². The molecule has 0 radical (unpaired) electrons. The molecule has 3 aliphatic rings. The van der Waals surface area contributed by atoms with E-state index in [4.69, 9.17) is 9.47 Å². The Labute approximate surface area is 127 Å². The van der Waals surface area contributed by atoms with E-state index in [9.17, 15) is 4.79 Å². The van der Waals surface area contributed by atoms with Crippen molar-refractivity contribution in [2.24, 2.45) is 5.41 Å². The summed E-state index contributed by atoms with van der Waals surface area (Å²) in [5, 5.41) is 0. The van der Waals surface area contributed by atoms with Gasteiger partial charge in [0.1, 0.15) is 0 Å². The Hall–Kier alpha value is -0.650. The lowest BCUT2D eigenvalue weighted by Crippen LogP contribution is -2.50. The Balaban J connectivity index is 1.41. The van der Waals surface area contributed by atoms with Crippen LogP contribution in [-0.2, 0) is 14.3 Å². The van der Waals surface area contributed by atoms with Gasteiger partial charge in [-0.3, -0.25) is 4.79 Å². The summed E-state index contributed by atoms with van der Waals surface area (Å²) in [5.74, 6) is 0.317. The van der Waals surface area contributed by atoms with Crippen LogP contribution in [0.3, 0.4) is 0 Å². The van der Waals surface area contributed by atoms with Gasteiger partial charge in [0.2, 0.25) is 5.91 Å². The second-order valence-corrected chi connectivity index (χ2v) is 6.95. The topological polar surface area (TPSA) is 42.0 Å². The Morgan fingerprint density at radius 1 is 1.24 bits per heavy atom. The van der Waals surface area contributed by atoms with Gasteiger partial charge in [-0.15, -0.1) is 0 Å². The van der Waals surface area contributed by atoms with Gasteiger partial charge >= 0.3 is 0 Å². The highest BCUT2D eigenvalue weighted by Crippen LogP contribution is 2.39. The molecule has 0 aromatic carbocycles. The largest absolute Gasteiger partial charge is 0.376 e. The molecule has 3 heterocycles. The van der Waals surface area contributed by atoms with Gasteiger partial charge < -0.3 is 19.3 Å². The van der Waals surface area contributed by atoms with E-state index in [2.05, 4.69) is 4.90 Å². The minimum Gasteiger partial charge on any atom is -0.376 e. The van der Waals surface area contributed by atoms with Gasteiger partial charge in [0.15, 0.2) is 0 Å². The first-order valence-electron chi connectivity index (χ1n) is 8.33. The molecule has 21 heavy (non-hydrogen) atoms. The summed E-state index contributed by atoms with van der Waals surface area (Å²) in [5.41, 5.74) is 0.392. The van der Waals surface area contributed by atoms with Gasteiger partial charge in [-0.25, -0.2) is 0 Å². The number of amides is 1. The predicted molar refractivity (Wildman–Crippen MR) is 80.2 cm³/mol. The van der Waals surface area contributed by atoms with Crippen LogP contribution >= 0.6 is 0 Å². The molecule has 1 spiro atoms. The zero-order valence-corrected chi connectivity index (χ0v) is 13.2. The van der Waals surface area contributed by atoms with Crippen LogP contribution in [0, 0.1) is 5.41 Å². The van der Waals surface area contributed by atoms with Crippen LogP contribution in [0.4, 0.5) is 0 Å². The van der Waals surface area contributed by atoms with Crippen LogP contribution in [-0.4, -0.2) is 74.9 Å². The third kappa shape index (κ3) is 3.76. The maximum atomic E-state index is 11.7. The second kappa shape index (κ2) is 6.63. The Kier molecular flexibility index (Phi) is 4.82. The number of nitrogens with zero attached hydrogens (tertiary/aromatic N) is 2. The lowest BCUT2D eigenvalue weighted by molar-refractivity contribution is -0.137. The Morgan fingerprint density at radius 2 is 2.05 bits per heavy atom. The number of hydrogen-bond donors (Lipinski definition) is 0. The first-order valence-corrected chi connectivity index (χ1v) is 8.33. The molecule has 1 amide bonds. The van der Waals surface area contributed by atoms with Crippen molar-refractivity contribution < 1.29 is 14.3 Å². The molecule has 0 aromatic rings. The van der Waals surface area contributed by atoms with Crippen molar-refractivity contribution in [2.75, 3.05) is 53.0 Å². The first kappa shape index (κ1) is 15.3. The fourth-order valence-corrected chi connectivity index (χ4v) is 3.92. The second-order valence-electron chi connectivity index (χ2n) is 6.95. The summed E-state index contributed by atoms with van der Waals surface area (Å²) in [7, 11) is 1.95. The van der Waals surface area contributed by atoms with Crippen LogP contribution in [0.15, 0.2) is 0 Å². The van der Waals surface area contributed by atoms with E-state index in [1.165, 1.54) is 12.8 Å². The lowest BCUT2D eigenvalue weighted by atomic mass is 9.72. The van der Waals surface area contributed by atoms with Gasteiger partial charge in [0.05, 0.1) is 25.9 Å². The molecule has 0 bridgehead atoms. The van der Waals surface area contributed by atoms with Crippen molar-refractivity contribution in [3.63, 3.8) is 0 Å². The van der Waals surface area contributed by atoms with Crippen molar-refractivity contribution in [1.29, 1.82) is 0 Å². The maximum Gasteiger partial charge on any atom is 0.222 e. The molecule has 1 atom stereocenters. The molecule has 3 saturated heterocycles. The molecule has 1 unspecified atom stereocenters. The van der Waals surface area contributed by atoms with Crippen LogP contribution in [0.25, 0.3) is 0 Å². The predicted octanol–water partition coefficient (Wildman–Crippen LogP) is 1.13. The average Bonchev–Trinajstić information content (AvgIpc) is 2.52. The highest BCUT2D eigenvalue weighted by atomic mass is 16.6. The minimum absolute atomic E-state index is 0.285. The van der Waals surface area contributed by atoms with Gasteiger partial charge in [0.25, 0.3) is 0 Å². The molecule has 3 fully saturated rings. The smallest absolute Gasteiger partial charge is 0.222 e. The third-order valence-corrected chi connectivity index (χ3v) is 5.44. The summed E-state index contributed by atoms with van der Waals surface area (Å²) >= 11 is 0. The summed E-state index contributed by atoms with van der Waals surface area (Å²) in [6, 6.07) is 0. The summed E-state index contributed by atoms with van der Waals surface area (Å²) < 4.78 is 11.2. The molecule has 3 rings (SSSR count). The normalized spacial score (nSPS) is 30.8. The van der Waals surface area contributed by atoms with Gasteiger partial charge in [-0.05, 0) is 44.2 Å². The summed E-state index contributed by atoms with van der Waals surface area (Å²) in [6.07, 6.45) is 5.64. The quantitative estimate of drug-likeness (QED) is 0.783. The highest BCUT2D eigenvalue weighted by Gasteiger charge is 2.39. The third-order valence-electron chi connectivity index (χ3n) is 5.44. The number of rotatable bonds is 3. The van der Waals surface area contributed by atoms with Crippen molar-refractivity contribution in [2.45, 2.75) is 38.2 Å². The molecule has 0 aromatic heterocycles. The van der Waals surface area contributed by atoms with Crippen molar-refractivity contribution in [3.8, 4) is 0 Å². The van der Waals surface area contributed by atoms with E-state index in [1.54, 1.807) is 0 Å². The van der Waals surface area contributed by atoms with Gasteiger partial charge in [-0.1, -0.05) is 0 Å².